The summed E-state index contributed by atoms with van der Waals surface area (Å²) < 4.78 is 0. The molecule has 2 aliphatic heterocycles. The summed E-state index contributed by atoms with van der Waals surface area (Å²) >= 11 is 1.55. The molecule has 1 aromatic heterocycles. The fourth-order valence-corrected chi connectivity index (χ4v) is 5.46. The first-order valence-electron chi connectivity index (χ1n) is 11.4. The van der Waals surface area contributed by atoms with Crippen molar-refractivity contribution >= 4 is 29.3 Å². The molecule has 0 spiro atoms. The predicted molar refractivity (Wildman–Crippen MR) is 134 cm³/mol. The van der Waals surface area contributed by atoms with E-state index in [-0.39, 0.29) is 17.1 Å². The first kappa shape index (κ1) is 22.4. The SMILES string of the molecule is CN1CCc2ccc(NC(=O)c3cccc(CNC(=O)C4=CCC(c5cn[nH]c5)S4)c3)cc2C1. The van der Waals surface area contributed by atoms with E-state index in [1.54, 1.807) is 24.0 Å². The molecular formula is C26H27N5O2S. The second kappa shape index (κ2) is 9.87. The molecule has 7 nitrogen and oxygen atoms in total. The van der Waals surface area contributed by atoms with E-state index >= 15 is 0 Å². The molecular weight excluding hydrogens is 446 g/mol. The highest BCUT2D eigenvalue weighted by Gasteiger charge is 2.24. The molecule has 0 bridgehead atoms. The quantitative estimate of drug-likeness (QED) is 0.503. The van der Waals surface area contributed by atoms with Gasteiger partial charge in [0.25, 0.3) is 11.8 Å². The maximum absolute atomic E-state index is 12.9. The van der Waals surface area contributed by atoms with Crippen LogP contribution in [-0.2, 0) is 24.3 Å². The van der Waals surface area contributed by atoms with Gasteiger partial charge in [0.05, 0.1) is 11.1 Å². The molecule has 0 saturated heterocycles. The Bertz CT molecular complexity index is 1240. The number of likely N-dealkylation sites (N-methyl/N-ethyl adjacent to an activating group) is 1. The Balaban J connectivity index is 1.17. The zero-order chi connectivity index (χ0) is 23.5. The number of H-pyrrole nitrogens is 1. The number of hydrogen-bond acceptors (Lipinski definition) is 5. The second-order valence-corrected chi connectivity index (χ2v) is 10.00. The molecule has 5 rings (SSSR count). The Labute approximate surface area is 203 Å². The summed E-state index contributed by atoms with van der Waals surface area (Å²) in [4.78, 5) is 28.5. The number of thioether (sulfide) groups is 1. The van der Waals surface area contributed by atoms with Crippen LogP contribution >= 0.6 is 11.8 Å². The van der Waals surface area contributed by atoms with E-state index in [1.165, 1.54) is 11.1 Å². The maximum atomic E-state index is 12.9. The summed E-state index contributed by atoms with van der Waals surface area (Å²) in [5.41, 5.74) is 5.94. The van der Waals surface area contributed by atoms with Gasteiger partial charge in [0, 0.05) is 47.9 Å². The summed E-state index contributed by atoms with van der Waals surface area (Å²) in [5, 5.41) is 13.0. The number of rotatable bonds is 6. The molecule has 2 amide bonds. The number of anilines is 1. The van der Waals surface area contributed by atoms with E-state index in [2.05, 4.69) is 44.9 Å². The number of fused-ring (bicyclic) bond motifs is 1. The highest BCUT2D eigenvalue weighted by molar-refractivity contribution is 8.04. The van der Waals surface area contributed by atoms with Gasteiger partial charge in [-0.3, -0.25) is 14.7 Å². The van der Waals surface area contributed by atoms with E-state index < -0.39 is 0 Å². The molecule has 0 fully saturated rings. The van der Waals surface area contributed by atoms with Gasteiger partial charge in [-0.05, 0) is 60.8 Å². The Hall–Kier alpha value is -3.36. The normalized spacial score (nSPS) is 17.7. The number of nitrogens with zero attached hydrogens (tertiary/aromatic N) is 2. The van der Waals surface area contributed by atoms with Gasteiger partial charge in [0.15, 0.2) is 0 Å². The molecule has 0 saturated carbocycles. The summed E-state index contributed by atoms with van der Waals surface area (Å²) in [6.45, 7) is 2.31. The second-order valence-electron chi connectivity index (χ2n) is 8.75. The van der Waals surface area contributed by atoms with Gasteiger partial charge in [-0.2, -0.15) is 5.10 Å². The Morgan fingerprint density at radius 1 is 1.18 bits per heavy atom. The van der Waals surface area contributed by atoms with Crippen molar-refractivity contribution in [2.24, 2.45) is 0 Å². The molecule has 1 atom stereocenters. The summed E-state index contributed by atoms with van der Waals surface area (Å²) in [5.74, 6) is -0.251. The van der Waals surface area contributed by atoms with Gasteiger partial charge in [0.2, 0.25) is 0 Å². The van der Waals surface area contributed by atoms with Crippen LogP contribution in [0.5, 0.6) is 0 Å². The minimum atomic E-state index is -0.158. The highest BCUT2D eigenvalue weighted by Crippen LogP contribution is 2.43. The van der Waals surface area contributed by atoms with E-state index in [4.69, 9.17) is 0 Å². The molecule has 3 N–H and O–H groups in total. The van der Waals surface area contributed by atoms with Crippen molar-refractivity contribution in [2.75, 3.05) is 18.9 Å². The van der Waals surface area contributed by atoms with Gasteiger partial charge >= 0.3 is 0 Å². The van der Waals surface area contributed by atoms with Gasteiger partial charge in [-0.25, -0.2) is 0 Å². The summed E-state index contributed by atoms with van der Waals surface area (Å²) in [6.07, 6.45) is 7.48. The topological polar surface area (TPSA) is 90.1 Å². The lowest BCUT2D eigenvalue weighted by molar-refractivity contribution is -0.116. The maximum Gasteiger partial charge on any atom is 0.257 e. The fourth-order valence-electron chi connectivity index (χ4n) is 4.32. The molecule has 3 aromatic rings. The van der Waals surface area contributed by atoms with Crippen molar-refractivity contribution in [2.45, 2.75) is 31.2 Å². The van der Waals surface area contributed by atoms with Crippen LogP contribution in [0.4, 0.5) is 5.69 Å². The van der Waals surface area contributed by atoms with Crippen LogP contribution in [0.15, 0.2) is 65.8 Å². The number of carbonyl (C=O) groups is 2. The van der Waals surface area contributed by atoms with Crippen molar-refractivity contribution in [3.63, 3.8) is 0 Å². The van der Waals surface area contributed by atoms with Crippen LogP contribution in [0.25, 0.3) is 0 Å². The molecule has 0 radical (unpaired) electrons. The zero-order valence-corrected chi connectivity index (χ0v) is 19.8. The van der Waals surface area contributed by atoms with Gasteiger partial charge in [-0.15, -0.1) is 11.8 Å². The number of nitrogens with one attached hydrogen (secondary N) is 3. The number of carbonyl (C=O) groups excluding carboxylic acids is 2. The third-order valence-electron chi connectivity index (χ3n) is 6.21. The predicted octanol–water partition coefficient (Wildman–Crippen LogP) is 4.03. The third kappa shape index (κ3) is 5.08. The van der Waals surface area contributed by atoms with Crippen LogP contribution in [-0.4, -0.2) is 40.5 Å². The number of benzene rings is 2. The number of allylic oxidation sites excluding steroid dienone is 1. The lowest BCUT2D eigenvalue weighted by Gasteiger charge is -2.25. The number of aromatic amines is 1. The first-order valence-corrected chi connectivity index (χ1v) is 12.3. The van der Waals surface area contributed by atoms with Crippen LogP contribution in [0.1, 0.15) is 44.3 Å². The highest BCUT2D eigenvalue weighted by atomic mass is 32.2. The smallest absolute Gasteiger partial charge is 0.257 e. The molecule has 174 valence electrons. The van der Waals surface area contributed by atoms with Crippen molar-refractivity contribution in [1.29, 1.82) is 0 Å². The molecule has 2 aromatic carbocycles. The number of aromatic nitrogens is 2. The summed E-state index contributed by atoms with van der Waals surface area (Å²) in [7, 11) is 2.11. The lowest BCUT2D eigenvalue weighted by Crippen LogP contribution is -2.26. The van der Waals surface area contributed by atoms with Crippen LogP contribution in [0.3, 0.4) is 0 Å². The van der Waals surface area contributed by atoms with E-state index in [9.17, 15) is 9.59 Å². The monoisotopic (exact) mass is 473 g/mol. The standard InChI is InChI=1S/C26H27N5O2S/c1-31-10-9-18-5-6-22(12-20(18)16-31)30-25(32)19-4-2-3-17(11-19)13-27-26(33)24-8-7-23(34-24)21-14-28-29-15-21/h2-6,8,11-12,14-15,23H,7,9-10,13,16H2,1H3,(H,27,33)(H,28,29)(H,30,32). The minimum absolute atomic E-state index is 0.0927. The molecule has 8 heteroatoms. The van der Waals surface area contributed by atoms with E-state index in [0.29, 0.717) is 12.1 Å². The Morgan fingerprint density at radius 2 is 2.09 bits per heavy atom. The van der Waals surface area contributed by atoms with Gasteiger partial charge < -0.3 is 15.5 Å². The largest absolute Gasteiger partial charge is 0.348 e. The van der Waals surface area contributed by atoms with Crippen LogP contribution in [0, 0.1) is 0 Å². The van der Waals surface area contributed by atoms with Crippen LogP contribution < -0.4 is 10.6 Å². The lowest BCUT2D eigenvalue weighted by atomic mass is 9.99. The van der Waals surface area contributed by atoms with Crippen molar-refractivity contribution in [3.05, 3.63) is 93.7 Å². The van der Waals surface area contributed by atoms with Crippen molar-refractivity contribution < 1.29 is 9.59 Å². The fraction of sp³-hybridized carbons (Fsp3) is 0.269. The minimum Gasteiger partial charge on any atom is -0.348 e. The first-order chi connectivity index (χ1) is 16.5. The molecule has 0 aliphatic carbocycles. The number of amides is 2. The number of hydrogen-bond donors (Lipinski definition) is 3. The third-order valence-corrected chi connectivity index (χ3v) is 7.57. The summed E-state index contributed by atoms with van der Waals surface area (Å²) in [6, 6.07) is 13.5. The molecule has 1 unspecified atom stereocenters. The molecule has 34 heavy (non-hydrogen) atoms. The van der Waals surface area contributed by atoms with Crippen molar-refractivity contribution in [3.8, 4) is 0 Å². The average Bonchev–Trinajstić information content (AvgIpc) is 3.55. The van der Waals surface area contributed by atoms with Crippen LogP contribution in [0.2, 0.25) is 0 Å². The molecule has 3 heterocycles. The zero-order valence-electron chi connectivity index (χ0n) is 19.0. The Kier molecular flexibility index (Phi) is 6.51. The molecule has 2 aliphatic rings. The van der Waals surface area contributed by atoms with E-state index in [1.807, 2.05) is 36.5 Å². The van der Waals surface area contributed by atoms with E-state index in [0.717, 1.165) is 47.7 Å². The Morgan fingerprint density at radius 3 is 2.94 bits per heavy atom. The average molecular weight is 474 g/mol. The van der Waals surface area contributed by atoms with Gasteiger partial charge in [0.1, 0.15) is 0 Å². The van der Waals surface area contributed by atoms with Gasteiger partial charge in [-0.1, -0.05) is 24.3 Å². The van der Waals surface area contributed by atoms with Crippen molar-refractivity contribution in [1.82, 2.24) is 20.4 Å².